The van der Waals surface area contributed by atoms with E-state index >= 15 is 0 Å². The molecule has 0 saturated heterocycles. The van der Waals surface area contributed by atoms with E-state index in [2.05, 4.69) is 10.3 Å². The van der Waals surface area contributed by atoms with Gasteiger partial charge in [0.15, 0.2) is 5.13 Å². The van der Waals surface area contributed by atoms with E-state index in [9.17, 15) is 4.79 Å². The molecule has 3 heterocycles. The van der Waals surface area contributed by atoms with Crippen molar-refractivity contribution in [2.45, 2.75) is 0 Å². The molecule has 1 aromatic carbocycles. The summed E-state index contributed by atoms with van der Waals surface area (Å²) in [5.41, 5.74) is 3.45. The van der Waals surface area contributed by atoms with Crippen LogP contribution in [0.2, 0.25) is 0 Å². The molecule has 0 bridgehead atoms. The van der Waals surface area contributed by atoms with Crippen molar-refractivity contribution in [1.29, 1.82) is 0 Å². The van der Waals surface area contributed by atoms with Crippen LogP contribution in [-0.4, -0.2) is 22.6 Å². The second-order valence-electron chi connectivity index (χ2n) is 5.48. The van der Waals surface area contributed by atoms with Crippen LogP contribution in [0.4, 0.5) is 5.13 Å². The van der Waals surface area contributed by atoms with Crippen LogP contribution in [0.3, 0.4) is 0 Å². The van der Waals surface area contributed by atoms with Crippen molar-refractivity contribution in [3.8, 4) is 17.0 Å². The molecular weight excluding hydrogens is 354 g/mol. The van der Waals surface area contributed by atoms with Gasteiger partial charge in [-0.3, -0.25) is 10.1 Å². The number of benzene rings is 1. The number of fused-ring (bicyclic) bond motifs is 1. The van der Waals surface area contributed by atoms with Gasteiger partial charge in [-0.15, -0.1) is 22.7 Å². The van der Waals surface area contributed by atoms with Gasteiger partial charge in [-0.05, 0) is 29.6 Å². The summed E-state index contributed by atoms with van der Waals surface area (Å²) >= 11 is 3.03. The number of nitrogens with one attached hydrogen (secondary N) is 1. The van der Waals surface area contributed by atoms with E-state index in [4.69, 9.17) is 4.74 Å². The number of thiophene rings is 1. The highest BCUT2D eigenvalue weighted by Crippen LogP contribution is 2.28. The van der Waals surface area contributed by atoms with Crippen molar-refractivity contribution < 1.29 is 9.53 Å². The summed E-state index contributed by atoms with van der Waals surface area (Å²) in [6, 6.07) is 11.6. The average Bonchev–Trinajstić information content (AvgIpc) is 3.33. The van der Waals surface area contributed by atoms with Gasteiger partial charge in [-0.25, -0.2) is 4.98 Å². The van der Waals surface area contributed by atoms with Gasteiger partial charge in [-0.1, -0.05) is 12.1 Å². The number of carbonyl (C=O) groups is 1. The minimum Gasteiger partial charge on any atom is -0.497 e. The van der Waals surface area contributed by atoms with Gasteiger partial charge in [-0.2, -0.15) is 0 Å². The Balaban J connectivity index is 1.57. The number of hydrogen-bond acceptors (Lipinski definition) is 5. The van der Waals surface area contributed by atoms with Gasteiger partial charge in [0.05, 0.1) is 23.0 Å². The van der Waals surface area contributed by atoms with E-state index in [-0.39, 0.29) is 5.91 Å². The molecule has 4 aromatic rings. The Kier molecular flexibility index (Phi) is 4.03. The lowest BCUT2D eigenvalue weighted by atomic mass is 10.2. The maximum absolute atomic E-state index is 12.6. The van der Waals surface area contributed by atoms with E-state index in [0.29, 0.717) is 10.8 Å². The van der Waals surface area contributed by atoms with Crippen LogP contribution in [-0.2, 0) is 7.05 Å². The highest BCUT2D eigenvalue weighted by atomic mass is 32.1. The number of thiazole rings is 1. The summed E-state index contributed by atoms with van der Waals surface area (Å²) in [5.74, 6) is 0.623. The van der Waals surface area contributed by atoms with E-state index in [0.717, 1.165) is 27.2 Å². The molecule has 0 aliphatic carbocycles. The fourth-order valence-electron chi connectivity index (χ4n) is 2.68. The van der Waals surface area contributed by atoms with E-state index < -0.39 is 0 Å². The number of hydrogen-bond donors (Lipinski definition) is 1. The molecule has 7 heteroatoms. The normalized spacial score (nSPS) is 11.0. The van der Waals surface area contributed by atoms with Crippen molar-refractivity contribution >= 4 is 43.9 Å². The molecule has 0 fully saturated rings. The molecular formula is C18H15N3O2S2. The Bertz CT molecular complexity index is 1060. The fourth-order valence-corrected chi connectivity index (χ4v) is 4.24. The molecule has 1 amide bonds. The maximum Gasteiger partial charge on any atom is 0.274 e. The third kappa shape index (κ3) is 2.92. The summed E-state index contributed by atoms with van der Waals surface area (Å²) in [5, 5.41) is 7.41. The van der Waals surface area contributed by atoms with Crippen molar-refractivity contribution in [3.05, 3.63) is 52.9 Å². The van der Waals surface area contributed by atoms with Gasteiger partial charge in [0, 0.05) is 18.0 Å². The SMILES string of the molecule is COc1cccc(-c2csc(NC(=O)c3cc4sccc4n3C)n2)c1. The van der Waals surface area contributed by atoms with Crippen molar-refractivity contribution in [3.63, 3.8) is 0 Å². The third-order valence-electron chi connectivity index (χ3n) is 3.99. The number of aryl methyl sites for hydroxylation is 1. The predicted octanol–water partition coefficient (Wildman–Crippen LogP) is 4.62. The summed E-state index contributed by atoms with van der Waals surface area (Å²) in [6.07, 6.45) is 0. The molecule has 0 unspecified atom stereocenters. The highest BCUT2D eigenvalue weighted by Gasteiger charge is 2.16. The van der Waals surface area contributed by atoms with Crippen LogP contribution < -0.4 is 10.1 Å². The number of amides is 1. The summed E-state index contributed by atoms with van der Waals surface area (Å²) < 4.78 is 8.25. The number of aromatic nitrogens is 2. The average molecular weight is 369 g/mol. The minimum atomic E-state index is -0.155. The first kappa shape index (κ1) is 15.9. The molecule has 0 spiro atoms. The van der Waals surface area contributed by atoms with Gasteiger partial charge in [0.1, 0.15) is 11.4 Å². The monoisotopic (exact) mass is 369 g/mol. The number of methoxy groups -OCH3 is 1. The molecule has 25 heavy (non-hydrogen) atoms. The van der Waals surface area contributed by atoms with Crippen LogP contribution in [0.25, 0.3) is 21.5 Å². The van der Waals surface area contributed by atoms with Crippen LogP contribution in [0.5, 0.6) is 5.75 Å². The lowest BCUT2D eigenvalue weighted by Gasteiger charge is -2.04. The zero-order chi connectivity index (χ0) is 17.4. The van der Waals surface area contributed by atoms with E-state index in [1.54, 1.807) is 18.4 Å². The smallest absolute Gasteiger partial charge is 0.274 e. The minimum absolute atomic E-state index is 0.155. The molecule has 4 rings (SSSR count). The van der Waals surface area contributed by atoms with E-state index in [1.165, 1.54) is 11.3 Å². The highest BCUT2D eigenvalue weighted by molar-refractivity contribution is 7.17. The van der Waals surface area contributed by atoms with Gasteiger partial charge in [0.2, 0.25) is 0 Å². The summed E-state index contributed by atoms with van der Waals surface area (Å²) in [7, 11) is 3.53. The fraction of sp³-hybridized carbons (Fsp3) is 0.111. The number of ether oxygens (including phenoxy) is 1. The van der Waals surface area contributed by atoms with Crippen LogP contribution in [0.15, 0.2) is 47.2 Å². The van der Waals surface area contributed by atoms with Gasteiger partial charge in [0.25, 0.3) is 5.91 Å². The van der Waals surface area contributed by atoms with Crippen molar-refractivity contribution in [2.24, 2.45) is 7.05 Å². The second kappa shape index (κ2) is 6.34. The Morgan fingerprint density at radius 1 is 1.24 bits per heavy atom. The number of carbonyl (C=O) groups excluding carboxylic acids is 1. The van der Waals surface area contributed by atoms with Crippen LogP contribution in [0.1, 0.15) is 10.5 Å². The number of nitrogens with zero attached hydrogens (tertiary/aromatic N) is 2. The molecule has 0 aliphatic heterocycles. The lowest BCUT2D eigenvalue weighted by molar-refractivity contribution is 0.102. The van der Waals surface area contributed by atoms with Gasteiger partial charge < -0.3 is 9.30 Å². The topological polar surface area (TPSA) is 56.1 Å². The first-order chi connectivity index (χ1) is 12.2. The van der Waals surface area contributed by atoms with Gasteiger partial charge >= 0.3 is 0 Å². The molecule has 0 atom stereocenters. The number of anilines is 1. The molecule has 0 radical (unpaired) electrons. The second-order valence-corrected chi connectivity index (χ2v) is 7.29. The Morgan fingerprint density at radius 3 is 2.92 bits per heavy atom. The van der Waals surface area contributed by atoms with Crippen LogP contribution in [0, 0.1) is 0 Å². The summed E-state index contributed by atoms with van der Waals surface area (Å²) in [6.45, 7) is 0. The zero-order valence-corrected chi connectivity index (χ0v) is 15.3. The number of rotatable bonds is 4. The Labute approximate surface area is 152 Å². The van der Waals surface area contributed by atoms with Crippen molar-refractivity contribution in [2.75, 3.05) is 12.4 Å². The third-order valence-corrected chi connectivity index (χ3v) is 5.60. The molecule has 126 valence electrons. The summed E-state index contributed by atoms with van der Waals surface area (Å²) in [4.78, 5) is 17.1. The molecule has 0 aliphatic rings. The lowest BCUT2D eigenvalue weighted by Crippen LogP contribution is -2.15. The maximum atomic E-state index is 12.6. The zero-order valence-electron chi connectivity index (χ0n) is 13.6. The van der Waals surface area contributed by atoms with Crippen molar-refractivity contribution in [1.82, 2.24) is 9.55 Å². The predicted molar refractivity (Wildman–Crippen MR) is 103 cm³/mol. The quantitative estimate of drug-likeness (QED) is 0.571. The largest absolute Gasteiger partial charge is 0.497 e. The standard InChI is InChI=1S/C18H15N3O2S2/c1-21-14-6-7-24-16(14)9-15(21)17(22)20-18-19-13(10-25-18)11-4-3-5-12(8-11)23-2/h3-10H,1-2H3,(H,19,20,22). The molecule has 1 N–H and O–H groups in total. The Morgan fingerprint density at radius 2 is 2.12 bits per heavy atom. The van der Waals surface area contributed by atoms with E-state index in [1.807, 2.05) is 58.8 Å². The molecule has 3 aromatic heterocycles. The first-order valence-corrected chi connectivity index (χ1v) is 9.36. The molecule has 5 nitrogen and oxygen atoms in total. The Hall–Kier alpha value is -2.64. The molecule has 0 saturated carbocycles. The first-order valence-electron chi connectivity index (χ1n) is 7.60. The van der Waals surface area contributed by atoms with Crippen LogP contribution >= 0.6 is 22.7 Å².